The van der Waals surface area contributed by atoms with Crippen LogP contribution < -0.4 is 5.73 Å². The Hall–Kier alpha value is -2.16. The van der Waals surface area contributed by atoms with Gasteiger partial charge in [0, 0.05) is 12.1 Å². The molecule has 92 valence electrons. The van der Waals surface area contributed by atoms with Crippen LogP contribution in [0.4, 0.5) is 10.1 Å². The average molecular weight is 243 g/mol. The number of nitrogen functional groups attached to an aromatic ring is 1. The maximum absolute atomic E-state index is 13.4. The Balaban J connectivity index is 2.01. The lowest BCUT2D eigenvalue weighted by atomic mass is 10.0. The second-order valence-electron chi connectivity index (χ2n) is 4.14. The molecule has 0 aliphatic heterocycles. The molecule has 2 rings (SSSR count). The van der Waals surface area contributed by atoms with Crippen LogP contribution in [0.1, 0.15) is 22.3 Å². The van der Waals surface area contributed by atoms with Crippen molar-refractivity contribution in [1.29, 1.82) is 0 Å². The van der Waals surface area contributed by atoms with Gasteiger partial charge in [-0.2, -0.15) is 0 Å². The van der Waals surface area contributed by atoms with Gasteiger partial charge in [-0.3, -0.25) is 4.79 Å². The van der Waals surface area contributed by atoms with Gasteiger partial charge in [0.15, 0.2) is 5.78 Å². The first kappa shape index (κ1) is 12.3. The second kappa shape index (κ2) is 5.45. The van der Waals surface area contributed by atoms with E-state index in [1.807, 2.05) is 12.1 Å². The highest BCUT2D eigenvalue weighted by Crippen LogP contribution is 2.13. The number of carbonyl (C=O) groups excluding carboxylic acids is 1. The summed E-state index contributed by atoms with van der Waals surface area (Å²) in [4.78, 5) is 11.8. The monoisotopic (exact) mass is 243 g/mol. The molecule has 0 radical (unpaired) electrons. The van der Waals surface area contributed by atoms with Gasteiger partial charge in [0.2, 0.25) is 0 Å². The molecule has 0 heterocycles. The van der Waals surface area contributed by atoms with Crippen LogP contribution >= 0.6 is 0 Å². The Kier molecular flexibility index (Phi) is 3.72. The third-order valence-electron chi connectivity index (χ3n) is 2.79. The van der Waals surface area contributed by atoms with Crippen molar-refractivity contribution >= 4 is 11.5 Å². The zero-order valence-corrected chi connectivity index (χ0v) is 9.90. The number of carbonyl (C=O) groups is 1. The summed E-state index contributed by atoms with van der Waals surface area (Å²) < 4.78 is 13.4. The third-order valence-corrected chi connectivity index (χ3v) is 2.79. The first-order valence-corrected chi connectivity index (χ1v) is 5.79. The van der Waals surface area contributed by atoms with Crippen LogP contribution in [-0.4, -0.2) is 5.78 Å². The predicted molar refractivity (Wildman–Crippen MR) is 69.9 cm³/mol. The Morgan fingerprint density at radius 1 is 1.06 bits per heavy atom. The first-order chi connectivity index (χ1) is 8.66. The van der Waals surface area contributed by atoms with Gasteiger partial charge in [-0.15, -0.1) is 0 Å². The molecule has 18 heavy (non-hydrogen) atoms. The molecule has 3 heteroatoms. The Morgan fingerprint density at radius 3 is 2.39 bits per heavy atom. The minimum Gasteiger partial charge on any atom is -0.399 e. The summed E-state index contributed by atoms with van der Waals surface area (Å²) >= 11 is 0. The van der Waals surface area contributed by atoms with Gasteiger partial charge in [0.25, 0.3) is 0 Å². The van der Waals surface area contributed by atoms with Gasteiger partial charge in [-0.1, -0.05) is 24.3 Å². The fourth-order valence-corrected chi connectivity index (χ4v) is 1.76. The van der Waals surface area contributed by atoms with E-state index >= 15 is 0 Å². The first-order valence-electron chi connectivity index (χ1n) is 5.79. The molecule has 0 fully saturated rings. The van der Waals surface area contributed by atoms with Gasteiger partial charge in [-0.25, -0.2) is 4.39 Å². The van der Waals surface area contributed by atoms with E-state index in [-0.39, 0.29) is 11.3 Å². The molecule has 0 amide bonds. The summed E-state index contributed by atoms with van der Waals surface area (Å²) in [7, 11) is 0. The lowest BCUT2D eigenvalue weighted by molar-refractivity contribution is 0.0979. The van der Waals surface area contributed by atoms with Crippen LogP contribution in [0.25, 0.3) is 0 Å². The quantitative estimate of drug-likeness (QED) is 0.661. The molecule has 2 N–H and O–H groups in total. The summed E-state index contributed by atoms with van der Waals surface area (Å²) in [6.45, 7) is 0. The number of hydrogen-bond acceptors (Lipinski definition) is 2. The fraction of sp³-hybridized carbons (Fsp3) is 0.133. The Bertz CT molecular complexity index is 549. The van der Waals surface area contributed by atoms with Gasteiger partial charge in [0.05, 0.1) is 5.56 Å². The molecule has 2 aromatic carbocycles. The van der Waals surface area contributed by atoms with E-state index in [1.165, 1.54) is 12.1 Å². The topological polar surface area (TPSA) is 43.1 Å². The van der Waals surface area contributed by atoms with Crippen LogP contribution in [-0.2, 0) is 6.42 Å². The van der Waals surface area contributed by atoms with E-state index in [2.05, 4.69) is 0 Å². The molecule has 2 aromatic rings. The summed E-state index contributed by atoms with van der Waals surface area (Å²) in [5.74, 6) is -0.635. The minimum atomic E-state index is -0.459. The lowest BCUT2D eigenvalue weighted by Gasteiger charge is -2.03. The summed E-state index contributed by atoms with van der Waals surface area (Å²) in [6.07, 6.45) is 0.887. The SMILES string of the molecule is Nc1ccc(CCC(=O)c2ccccc2F)cc1. The summed E-state index contributed by atoms with van der Waals surface area (Å²) in [6, 6.07) is 13.4. The van der Waals surface area contributed by atoms with E-state index in [1.54, 1.807) is 24.3 Å². The molecule has 2 nitrogen and oxygen atoms in total. The molecule has 0 aliphatic carbocycles. The molecule has 0 aromatic heterocycles. The van der Waals surface area contributed by atoms with Gasteiger partial charge < -0.3 is 5.73 Å². The lowest BCUT2D eigenvalue weighted by Crippen LogP contribution is -2.03. The van der Waals surface area contributed by atoms with Crippen molar-refractivity contribution in [2.75, 3.05) is 5.73 Å². The van der Waals surface area contributed by atoms with E-state index < -0.39 is 5.82 Å². The van der Waals surface area contributed by atoms with Crippen molar-refractivity contribution in [1.82, 2.24) is 0 Å². The Labute approximate surface area is 105 Å². The maximum Gasteiger partial charge on any atom is 0.166 e. The number of hydrogen-bond donors (Lipinski definition) is 1. The second-order valence-corrected chi connectivity index (χ2v) is 4.14. The molecule has 0 saturated carbocycles. The number of benzene rings is 2. The highest BCUT2D eigenvalue weighted by Gasteiger charge is 2.10. The van der Waals surface area contributed by atoms with E-state index in [0.29, 0.717) is 18.5 Å². The van der Waals surface area contributed by atoms with E-state index in [0.717, 1.165) is 5.56 Å². The van der Waals surface area contributed by atoms with Crippen LogP contribution in [0.15, 0.2) is 48.5 Å². The normalized spacial score (nSPS) is 10.3. The summed E-state index contributed by atoms with van der Waals surface area (Å²) in [5.41, 5.74) is 7.45. The number of rotatable bonds is 4. The molecule has 0 aliphatic rings. The number of nitrogens with two attached hydrogens (primary N) is 1. The maximum atomic E-state index is 13.4. The van der Waals surface area contributed by atoms with Crippen LogP contribution in [0.3, 0.4) is 0 Å². The zero-order valence-electron chi connectivity index (χ0n) is 9.90. The molecular formula is C15H14FNO. The minimum absolute atomic E-state index is 0.160. The third kappa shape index (κ3) is 2.94. The molecule has 0 atom stereocenters. The molecule has 0 unspecified atom stereocenters. The molecular weight excluding hydrogens is 229 g/mol. The van der Waals surface area contributed by atoms with Crippen molar-refractivity contribution < 1.29 is 9.18 Å². The van der Waals surface area contributed by atoms with Crippen molar-refractivity contribution in [3.63, 3.8) is 0 Å². The number of anilines is 1. The van der Waals surface area contributed by atoms with Crippen LogP contribution in [0.2, 0.25) is 0 Å². The largest absolute Gasteiger partial charge is 0.399 e. The average Bonchev–Trinajstić information content (AvgIpc) is 2.38. The molecule has 0 spiro atoms. The van der Waals surface area contributed by atoms with Gasteiger partial charge in [-0.05, 0) is 36.2 Å². The number of aryl methyl sites for hydroxylation is 1. The van der Waals surface area contributed by atoms with Crippen molar-refractivity contribution in [3.8, 4) is 0 Å². The predicted octanol–water partition coefficient (Wildman–Crippen LogP) is 3.22. The number of Topliss-reactive ketones (excluding diaryl/α,β-unsaturated/α-hetero) is 1. The van der Waals surface area contributed by atoms with E-state index in [4.69, 9.17) is 5.73 Å². The van der Waals surface area contributed by atoms with Crippen molar-refractivity contribution in [3.05, 3.63) is 65.5 Å². The standard InChI is InChI=1S/C15H14FNO/c16-14-4-2-1-3-13(14)15(18)10-7-11-5-8-12(17)9-6-11/h1-6,8-9H,7,10,17H2. The van der Waals surface area contributed by atoms with Crippen LogP contribution in [0.5, 0.6) is 0 Å². The Morgan fingerprint density at radius 2 is 1.72 bits per heavy atom. The number of ketones is 1. The van der Waals surface area contributed by atoms with Gasteiger partial charge in [0.1, 0.15) is 5.82 Å². The van der Waals surface area contributed by atoms with E-state index in [9.17, 15) is 9.18 Å². The molecule has 0 saturated heterocycles. The molecule has 0 bridgehead atoms. The number of halogens is 1. The van der Waals surface area contributed by atoms with Gasteiger partial charge >= 0.3 is 0 Å². The highest BCUT2D eigenvalue weighted by molar-refractivity contribution is 5.96. The van der Waals surface area contributed by atoms with Crippen molar-refractivity contribution in [2.45, 2.75) is 12.8 Å². The van der Waals surface area contributed by atoms with Crippen LogP contribution in [0, 0.1) is 5.82 Å². The fourth-order valence-electron chi connectivity index (χ4n) is 1.76. The smallest absolute Gasteiger partial charge is 0.166 e. The summed E-state index contributed by atoms with van der Waals surface area (Å²) in [5, 5.41) is 0. The zero-order chi connectivity index (χ0) is 13.0. The highest BCUT2D eigenvalue weighted by atomic mass is 19.1. The van der Waals surface area contributed by atoms with Crippen molar-refractivity contribution in [2.24, 2.45) is 0 Å².